The summed E-state index contributed by atoms with van der Waals surface area (Å²) in [4.78, 5) is 24.7. The molecule has 21 heavy (non-hydrogen) atoms. The Bertz CT molecular complexity index is 827. The molecule has 0 saturated carbocycles. The summed E-state index contributed by atoms with van der Waals surface area (Å²) in [6, 6.07) is 18.4. The van der Waals surface area contributed by atoms with Crippen LogP contribution in [0.5, 0.6) is 5.75 Å². The van der Waals surface area contributed by atoms with E-state index in [1.807, 2.05) is 30.3 Å². The van der Waals surface area contributed by atoms with Crippen molar-refractivity contribution >= 4 is 22.3 Å². The molecular formula is C18H12O3. The van der Waals surface area contributed by atoms with Crippen molar-refractivity contribution in [3.05, 3.63) is 77.9 Å². The molecule has 3 nitrogen and oxygen atoms in total. The number of benzene rings is 3. The molecule has 0 spiro atoms. The van der Waals surface area contributed by atoms with Crippen molar-refractivity contribution in [1.82, 2.24) is 0 Å². The van der Waals surface area contributed by atoms with Crippen LogP contribution in [0.15, 0.2) is 66.7 Å². The van der Waals surface area contributed by atoms with Crippen LogP contribution in [0.2, 0.25) is 0 Å². The minimum Gasteiger partial charge on any atom is -0.508 e. The van der Waals surface area contributed by atoms with Gasteiger partial charge in [0, 0.05) is 11.1 Å². The van der Waals surface area contributed by atoms with E-state index in [0.717, 1.165) is 10.8 Å². The standard InChI is InChI=1S/C18H12O3/c19-14-10-8-13(9-11-14)17(20)18(21)16-7-3-5-12-4-1-2-6-15(12)16/h1-11,19H. The van der Waals surface area contributed by atoms with Gasteiger partial charge in [-0.2, -0.15) is 0 Å². The second-order valence-corrected chi connectivity index (χ2v) is 4.73. The van der Waals surface area contributed by atoms with Gasteiger partial charge in [0.25, 0.3) is 0 Å². The lowest BCUT2D eigenvalue weighted by atomic mass is 9.96. The monoisotopic (exact) mass is 276 g/mol. The first kappa shape index (κ1) is 13.1. The Kier molecular flexibility index (Phi) is 3.24. The molecule has 0 radical (unpaired) electrons. The maximum Gasteiger partial charge on any atom is 0.234 e. The Hall–Kier alpha value is -2.94. The Morgan fingerprint density at radius 3 is 2.14 bits per heavy atom. The summed E-state index contributed by atoms with van der Waals surface area (Å²) in [6.07, 6.45) is 0. The number of carbonyl (C=O) groups is 2. The van der Waals surface area contributed by atoms with Gasteiger partial charge in [-0.05, 0) is 35.0 Å². The fourth-order valence-electron chi connectivity index (χ4n) is 2.29. The van der Waals surface area contributed by atoms with E-state index in [-0.39, 0.29) is 11.3 Å². The number of rotatable bonds is 3. The Morgan fingerprint density at radius 1 is 0.714 bits per heavy atom. The van der Waals surface area contributed by atoms with Crippen LogP contribution in [0.4, 0.5) is 0 Å². The Balaban J connectivity index is 2.04. The van der Waals surface area contributed by atoms with Crippen LogP contribution in [0.25, 0.3) is 10.8 Å². The number of hydrogen-bond acceptors (Lipinski definition) is 3. The molecule has 3 aromatic carbocycles. The molecule has 102 valence electrons. The Labute approximate surface area is 121 Å². The summed E-state index contributed by atoms with van der Waals surface area (Å²) in [6.45, 7) is 0. The number of Topliss-reactive ketones (excluding diaryl/α,β-unsaturated/α-hetero) is 2. The molecule has 0 heterocycles. The molecule has 0 unspecified atom stereocenters. The third kappa shape index (κ3) is 2.41. The number of phenols is 1. The summed E-state index contributed by atoms with van der Waals surface area (Å²) in [7, 11) is 0. The van der Waals surface area contributed by atoms with Gasteiger partial charge in [0.15, 0.2) is 0 Å². The van der Waals surface area contributed by atoms with Crippen LogP contribution >= 0.6 is 0 Å². The second kappa shape index (κ2) is 5.21. The second-order valence-electron chi connectivity index (χ2n) is 4.73. The molecule has 0 saturated heterocycles. The largest absolute Gasteiger partial charge is 0.508 e. The minimum absolute atomic E-state index is 0.0594. The highest BCUT2D eigenvalue weighted by Crippen LogP contribution is 2.20. The minimum atomic E-state index is -0.577. The number of hydrogen-bond donors (Lipinski definition) is 1. The molecule has 3 rings (SSSR count). The van der Waals surface area contributed by atoms with Gasteiger partial charge in [-0.1, -0.05) is 42.5 Å². The number of phenolic OH excluding ortho intramolecular Hbond substituents is 1. The number of aromatic hydroxyl groups is 1. The zero-order chi connectivity index (χ0) is 14.8. The average Bonchev–Trinajstić information content (AvgIpc) is 2.53. The van der Waals surface area contributed by atoms with Gasteiger partial charge in [-0.15, -0.1) is 0 Å². The maximum atomic E-state index is 12.4. The quantitative estimate of drug-likeness (QED) is 0.587. The lowest BCUT2D eigenvalue weighted by Gasteiger charge is -2.05. The third-order valence-electron chi connectivity index (χ3n) is 3.37. The smallest absolute Gasteiger partial charge is 0.234 e. The SMILES string of the molecule is O=C(C(=O)c1cccc2ccccc12)c1ccc(O)cc1. The first-order valence-electron chi connectivity index (χ1n) is 6.52. The van der Waals surface area contributed by atoms with Crippen LogP contribution in [-0.4, -0.2) is 16.7 Å². The topological polar surface area (TPSA) is 54.4 Å². The molecule has 0 atom stereocenters. The maximum absolute atomic E-state index is 12.4. The van der Waals surface area contributed by atoms with Crippen molar-refractivity contribution in [3.63, 3.8) is 0 Å². The van der Waals surface area contributed by atoms with Crippen LogP contribution in [0, 0.1) is 0 Å². The highest BCUT2D eigenvalue weighted by Gasteiger charge is 2.20. The fourth-order valence-corrected chi connectivity index (χ4v) is 2.29. The summed E-state index contributed by atoms with van der Waals surface area (Å²) in [5.41, 5.74) is 0.664. The highest BCUT2D eigenvalue weighted by atomic mass is 16.3. The van der Waals surface area contributed by atoms with Crippen LogP contribution in [-0.2, 0) is 0 Å². The van der Waals surface area contributed by atoms with E-state index >= 15 is 0 Å². The van der Waals surface area contributed by atoms with Crippen molar-refractivity contribution in [2.75, 3.05) is 0 Å². The van der Waals surface area contributed by atoms with E-state index in [2.05, 4.69) is 0 Å². The van der Waals surface area contributed by atoms with Crippen molar-refractivity contribution in [2.45, 2.75) is 0 Å². The first-order valence-corrected chi connectivity index (χ1v) is 6.52. The summed E-state index contributed by atoms with van der Waals surface area (Å²) < 4.78 is 0. The first-order chi connectivity index (χ1) is 10.2. The molecule has 0 bridgehead atoms. The molecule has 0 aromatic heterocycles. The highest BCUT2D eigenvalue weighted by molar-refractivity contribution is 6.50. The van der Waals surface area contributed by atoms with E-state index in [0.29, 0.717) is 5.56 Å². The number of fused-ring (bicyclic) bond motifs is 1. The van der Waals surface area contributed by atoms with Gasteiger partial charge in [0.2, 0.25) is 11.6 Å². The van der Waals surface area contributed by atoms with E-state index < -0.39 is 11.6 Å². The predicted octanol–water partition coefficient (Wildman–Crippen LogP) is 3.61. The molecule has 1 N–H and O–H groups in total. The molecule has 0 aliphatic heterocycles. The van der Waals surface area contributed by atoms with Crippen molar-refractivity contribution in [2.24, 2.45) is 0 Å². The molecule has 3 heteroatoms. The van der Waals surface area contributed by atoms with Gasteiger partial charge in [-0.3, -0.25) is 9.59 Å². The molecule has 0 aliphatic carbocycles. The van der Waals surface area contributed by atoms with Gasteiger partial charge in [0.05, 0.1) is 0 Å². The van der Waals surface area contributed by atoms with Crippen molar-refractivity contribution in [1.29, 1.82) is 0 Å². The van der Waals surface area contributed by atoms with E-state index in [1.165, 1.54) is 24.3 Å². The normalized spacial score (nSPS) is 10.5. The third-order valence-corrected chi connectivity index (χ3v) is 3.37. The zero-order valence-corrected chi connectivity index (χ0v) is 11.1. The Morgan fingerprint density at radius 2 is 1.38 bits per heavy atom. The summed E-state index contributed by atoms with van der Waals surface area (Å²) >= 11 is 0. The van der Waals surface area contributed by atoms with Crippen molar-refractivity contribution < 1.29 is 14.7 Å². The van der Waals surface area contributed by atoms with Gasteiger partial charge in [-0.25, -0.2) is 0 Å². The molecular weight excluding hydrogens is 264 g/mol. The van der Waals surface area contributed by atoms with Gasteiger partial charge < -0.3 is 5.11 Å². The van der Waals surface area contributed by atoms with E-state index in [9.17, 15) is 14.7 Å². The zero-order valence-electron chi connectivity index (χ0n) is 11.1. The number of carbonyl (C=O) groups excluding carboxylic acids is 2. The van der Waals surface area contributed by atoms with Gasteiger partial charge in [0.1, 0.15) is 5.75 Å². The summed E-state index contributed by atoms with van der Waals surface area (Å²) in [5, 5.41) is 10.9. The molecule has 3 aromatic rings. The number of ketones is 2. The molecule has 0 amide bonds. The van der Waals surface area contributed by atoms with Crippen LogP contribution < -0.4 is 0 Å². The van der Waals surface area contributed by atoms with E-state index in [1.54, 1.807) is 12.1 Å². The molecule has 0 aliphatic rings. The van der Waals surface area contributed by atoms with E-state index in [4.69, 9.17) is 0 Å². The molecule has 0 fully saturated rings. The summed E-state index contributed by atoms with van der Waals surface area (Å²) in [5.74, 6) is -1.06. The lowest BCUT2D eigenvalue weighted by Crippen LogP contribution is -2.14. The van der Waals surface area contributed by atoms with Crippen LogP contribution in [0.1, 0.15) is 20.7 Å². The average molecular weight is 276 g/mol. The predicted molar refractivity (Wildman–Crippen MR) is 80.7 cm³/mol. The lowest BCUT2D eigenvalue weighted by molar-refractivity contribution is 0.0818. The van der Waals surface area contributed by atoms with Crippen LogP contribution in [0.3, 0.4) is 0 Å². The van der Waals surface area contributed by atoms with Crippen molar-refractivity contribution in [3.8, 4) is 5.75 Å². The fraction of sp³-hybridized carbons (Fsp3) is 0. The van der Waals surface area contributed by atoms with Gasteiger partial charge >= 0.3 is 0 Å².